The zero-order valence-corrected chi connectivity index (χ0v) is 16.6. The normalized spacial score (nSPS) is 10.8. The highest BCUT2D eigenvalue weighted by Crippen LogP contribution is 2.27. The predicted octanol–water partition coefficient (Wildman–Crippen LogP) is 4.70. The van der Waals surface area contributed by atoms with E-state index in [9.17, 15) is 4.79 Å². The fraction of sp³-hybridized carbons (Fsp3) is 0.136. The van der Waals surface area contributed by atoms with Crippen LogP contribution in [-0.2, 0) is 13.6 Å². The molecule has 2 aromatic heterocycles. The maximum absolute atomic E-state index is 13.4. The quantitative estimate of drug-likeness (QED) is 0.498. The number of carbonyl (C=O) groups excluding carboxylic acids is 1. The Balaban J connectivity index is 1.75. The minimum atomic E-state index is -0.0940. The number of thiazole rings is 1. The van der Waals surface area contributed by atoms with Crippen LogP contribution in [0.5, 0.6) is 0 Å². The number of amides is 1. The second-order valence-corrected chi connectivity index (χ2v) is 7.51. The molecule has 0 radical (unpaired) electrons. The van der Waals surface area contributed by atoms with Gasteiger partial charge in [0.15, 0.2) is 0 Å². The summed E-state index contributed by atoms with van der Waals surface area (Å²) < 4.78 is 1.63. The molecular weight excluding hydrogens is 368 g/mol. The Morgan fingerprint density at radius 1 is 1.07 bits per heavy atom. The lowest BCUT2D eigenvalue weighted by molar-refractivity contribution is 0.0976. The van der Waals surface area contributed by atoms with Crippen LogP contribution in [0.4, 0.5) is 5.69 Å². The molecule has 0 aliphatic carbocycles. The Labute approximate surface area is 167 Å². The minimum absolute atomic E-state index is 0.0940. The lowest BCUT2D eigenvalue weighted by atomic mass is 10.0. The summed E-state index contributed by atoms with van der Waals surface area (Å²) in [5, 5.41) is 7.14. The third-order valence-corrected chi connectivity index (χ3v) is 5.27. The average molecular weight is 388 g/mol. The number of hydrogen-bond donors (Lipinski definition) is 0. The highest BCUT2D eigenvalue weighted by atomic mass is 32.1. The minimum Gasteiger partial charge on any atom is -0.300 e. The first-order valence-corrected chi connectivity index (χ1v) is 9.86. The first kappa shape index (κ1) is 18.1. The molecule has 0 bridgehead atoms. The van der Waals surface area contributed by atoms with Gasteiger partial charge in [0, 0.05) is 24.3 Å². The second kappa shape index (κ2) is 7.78. The summed E-state index contributed by atoms with van der Waals surface area (Å²) >= 11 is 1.54. The van der Waals surface area contributed by atoms with Crippen molar-refractivity contribution in [1.29, 1.82) is 0 Å². The lowest BCUT2D eigenvalue weighted by Crippen LogP contribution is -2.32. The molecule has 0 saturated carbocycles. The molecule has 4 aromatic rings. The molecule has 6 heteroatoms. The SMILES string of the molecule is Cc1cc(C(=O)N(Cc2nccs2)c2cccc(-c3ccccc3)c2)n(C)n1. The van der Waals surface area contributed by atoms with Crippen LogP contribution >= 0.6 is 11.3 Å². The Morgan fingerprint density at radius 2 is 1.86 bits per heavy atom. The largest absolute Gasteiger partial charge is 0.300 e. The van der Waals surface area contributed by atoms with Crippen LogP contribution in [0.15, 0.2) is 72.2 Å². The second-order valence-electron chi connectivity index (χ2n) is 6.53. The van der Waals surface area contributed by atoms with Gasteiger partial charge in [0.1, 0.15) is 10.7 Å². The number of anilines is 1. The summed E-state index contributed by atoms with van der Waals surface area (Å²) in [7, 11) is 1.79. The number of aryl methyl sites for hydroxylation is 2. The first-order chi connectivity index (χ1) is 13.6. The zero-order valence-electron chi connectivity index (χ0n) is 15.7. The van der Waals surface area contributed by atoms with Crippen molar-refractivity contribution in [2.75, 3.05) is 4.90 Å². The van der Waals surface area contributed by atoms with Crippen LogP contribution in [0.1, 0.15) is 21.2 Å². The number of rotatable bonds is 5. The third kappa shape index (κ3) is 3.73. The monoisotopic (exact) mass is 388 g/mol. The van der Waals surface area contributed by atoms with Crippen molar-refractivity contribution < 1.29 is 4.79 Å². The molecule has 0 aliphatic heterocycles. The smallest absolute Gasteiger partial charge is 0.276 e. The molecular formula is C22H20N4OS. The summed E-state index contributed by atoms with van der Waals surface area (Å²) in [4.78, 5) is 19.5. The van der Waals surface area contributed by atoms with E-state index in [4.69, 9.17) is 0 Å². The maximum Gasteiger partial charge on any atom is 0.276 e. The number of hydrogen-bond acceptors (Lipinski definition) is 4. The predicted molar refractivity (Wildman–Crippen MR) is 112 cm³/mol. The summed E-state index contributed by atoms with van der Waals surface area (Å²) in [5.74, 6) is -0.0940. The number of nitrogens with zero attached hydrogens (tertiary/aromatic N) is 4. The Morgan fingerprint density at radius 3 is 2.54 bits per heavy atom. The molecule has 0 N–H and O–H groups in total. The molecule has 0 atom stereocenters. The number of aromatic nitrogens is 3. The topological polar surface area (TPSA) is 51.0 Å². The van der Waals surface area contributed by atoms with Crippen LogP contribution in [0.3, 0.4) is 0 Å². The first-order valence-electron chi connectivity index (χ1n) is 8.98. The fourth-order valence-electron chi connectivity index (χ4n) is 3.18. The van der Waals surface area contributed by atoms with Gasteiger partial charge in [0.05, 0.1) is 12.2 Å². The summed E-state index contributed by atoms with van der Waals surface area (Å²) in [5.41, 5.74) is 4.39. The Bertz CT molecular complexity index is 1090. The van der Waals surface area contributed by atoms with Crippen molar-refractivity contribution in [2.45, 2.75) is 13.5 Å². The van der Waals surface area contributed by atoms with Crippen molar-refractivity contribution >= 4 is 22.9 Å². The third-order valence-electron chi connectivity index (χ3n) is 4.51. The average Bonchev–Trinajstić information content (AvgIpc) is 3.35. The molecule has 2 aromatic carbocycles. The van der Waals surface area contributed by atoms with E-state index in [-0.39, 0.29) is 5.91 Å². The van der Waals surface area contributed by atoms with E-state index in [1.807, 2.05) is 54.8 Å². The van der Waals surface area contributed by atoms with Crippen LogP contribution in [-0.4, -0.2) is 20.7 Å². The van der Waals surface area contributed by atoms with Gasteiger partial charge in [-0.2, -0.15) is 5.10 Å². The molecule has 2 heterocycles. The molecule has 28 heavy (non-hydrogen) atoms. The standard InChI is InChI=1S/C22H20N4OS/c1-16-13-20(25(2)24-16)22(27)26(15-21-23-11-12-28-21)19-10-6-9-18(14-19)17-7-4-3-5-8-17/h3-14H,15H2,1-2H3. The van der Waals surface area contributed by atoms with Gasteiger partial charge in [0.25, 0.3) is 5.91 Å². The number of carbonyl (C=O) groups is 1. The molecule has 0 saturated heterocycles. The lowest BCUT2D eigenvalue weighted by Gasteiger charge is -2.22. The van der Waals surface area contributed by atoms with Crippen LogP contribution < -0.4 is 4.90 Å². The highest BCUT2D eigenvalue weighted by molar-refractivity contribution is 7.09. The highest BCUT2D eigenvalue weighted by Gasteiger charge is 2.22. The van der Waals surface area contributed by atoms with E-state index in [2.05, 4.69) is 28.3 Å². The van der Waals surface area contributed by atoms with Crippen molar-refractivity contribution in [3.05, 3.63) is 88.6 Å². The summed E-state index contributed by atoms with van der Waals surface area (Å²) in [6, 6.07) is 20.0. The summed E-state index contributed by atoms with van der Waals surface area (Å²) in [6.45, 7) is 2.30. The fourth-order valence-corrected chi connectivity index (χ4v) is 3.78. The Hall–Kier alpha value is -3.25. The maximum atomic E-state index is 13.4. The molecule has 0 fully saturated rings. The van der Waals surface area contributed by atoms with Gasteiger partial charge in [-0.25, -0.2) is 4.98 Å². The van der Waals surface area contributed by atoms with E-state index in [0.717, 1.165) is 27.5 Å². The van der Waals surface area contributed by atoms with Gasteiger partial charge in [-0.1, -0.05) is 42.5 Å². The molecule has 0 spiro atoms. The van der Waals surface area contributed by atoms with E-state index >= 15 is 0 Å². The van der Waals surface area contributed by atoms with Crippen LogP contribution in [0.2, 0.25) is 0 Å². The van der Waals surface area contributed by atoms with Crippen molar-refractivity contribution in [3.63, 3.8) is 0 Å². The van der Waals surface area contributed by atoms with Gasteiger partial charge < -0.3 is 4.90 Å². The van der Waals surface area contributed by atoms with Crippen molar-refractivity contribution in [3.8, 4) is 11.1 Å². The molecule has 140 valence electrons. The zero-order chi connectivity index (χ0) is 19.5. The van der Waals surface area contributed by atoms with Crippen molar-refractivity contribution in [1.82, 2.24) is 14.8 Å². The molecule has 5 nitrogen and oxygen atoms in total. The van der Waals surface area contributed by atoms with E-state index in [1.165, 1.54) is 0 Å². The molecule has 0 unspecified atom stereocenters. The van der Waals surface area contributed by atoms with Gasteiger partial charge in [-0.3, -0.25) is 9.48 Å². The number of benzene rings is 2. The van der Waals surface area contributed by atoms with Crippen molar-refractivity contribution in [2.24, 2.45) is 7.05 Å². The van der Waals surface area contributed by atoms with Gasteiger partial charge in [-0.05, 0) is 36.2 Å². The summed E-state index contributed by atoms with van der Waals surface area (Å²) in [6.07, 6.45) is 1.76. The molecule has 4 rings (SSSR count). The molecule has 0 aliphatic rings. The van der Waals surface area contributed by atoms with E-state index in [0.29, 0.717) is 12.2 Å². The molecule has 1 amide bonds. The van der Waals surface area contributed by atoms with Gasteiger partial charge in [0.2, 0.25) is 0 Å². The van der Waals surface area contributed by atoms with Crippen LogP contribution in [0, 0.1) is 6.92 Å². The van der Waals surface area contributed by atoms with E-state index < -0.39 is 0 Å². The Kier molecular flexibility index (Phi) is 5.04. The van der Waals surface area contributed by atoms with E-state index in [1.54, 1.807) is 34.2 Å². The van der Waals surface area contributed by atoms with Gasteiger partial charge >= 0.3 is 0 Å². The van der Waals surface area contributed by atoms with Crippen LogP contribution in [0.25, 0.3) is 11.1 Å². The van der Waals surface area contributed by atoms with Gasteiger partial charge in [-0.15, -0.1) is 11.3 Å².